The van der Waals surface area contributed by atoms with Crippen molar-refractivity contribution in [2.24, 2.45) is 0 Å². The Morgan fingerprint density at radius 2 is 0.513 bits per heavy atom. The van der Waals surface area contributed by atoms with E-state index in [2.05, 4.69) is 106 Å². The van der Waals surface area contributed by atoms with E-state index in [0.717, 1.165) is 128 Å². The largest absolute Gasteiger partial charge is 0.462 e. The Labute approximate surface area is 471 Å². The Morgan fingerprint density at radius 3 is 0.816 bits per heavy atom. The van der Waals surface area contributed by atoms with Crippen LogP contribution in [0.2, 0.25) is 0 Å². The number of carbonyl (C=O) groups is 3. The van der Waals surface area contributed by atoms with Crippen LogP contribution < -0.4 is 0 Å². The van der Waals surface area contributed by atoms with Gasteiger partial charge in [-0.15, -0.1) is 0 Å². The van der Waals surface area contributed by atoms with E-state index in [1.54, 1.807) is 0 Å². The summed E-state index contributed by atoms with van der Waals surface area (Å²) in [6.07, 6.45) is 84.5. The van der Waals surface area contributed by atoms with Crippen LogP contribution in [0.25, 0.3) is 0 Å². The van der Waals surface area contributed by atoms with Crippen LogP contribution in [0.3, 0.4) is 0 Å². The van der Waals surface area contributed by atoms with Crippen molar-refractivity contribution in [3.8, 4) is 0 Å². The fraction of sp³-hybridized carbons (Fsp3) is 0.757. The highest BCUT2D eigenvalue weighted by Crippen LogP contribution is 2.16. The molecule has 6 heteroatoms. The molecular formula is C70H122O6. The van der Waals surface area contributed by atoms with E-state index < -0.39 is 6.10 Å². The van der Waals surface area contributed by atoms with Crippen molar-refractivity contribution < 1.29 is 28.6 Å². The minimum Gasteiger partial charge on any atom is -0.462 e. The highest BCUT2D eigenvalue weighted by molar-refractivity contribution is 5.71. The van der Waals surface area contributed by atoms with Crippen LogP contribution in [0.4, 0.5) is 0 Å². The van der Waals surface area contributed by atoms with Crippen LogP contribution in [0.15, 0.2) is 85.1 Å². The van der Waals surface area contributed by atoms with Crippen LogP contribution in [0.5, 0.6) is 0 Å². The molecule has 0 aliphatic rings. The topological polar surface area (TPSA) is 78.9 Å². The Kier molecular flexibility index (Phi) is 61.2. The van der Waals surface area contributed by atoms with Crippen molar-refractivity contribution in [3.63, 3.8) is 0 Å². The zero-order valence-corrected chi connectivity index (χ0v) is 50.3. The van der Waals surface area contributed by atoms with Crippen molar-refractivity contribution in [2.45, 2.75) is 329 Å². The van der Waals surface area contributed by atoms with Gasteiger partial charge in [0.1, 0.15) is 13.2 Å². The van der Waals surface area contributed by atoms with Crippen molar-refractivity contribution >= 4 is 17.9 Å². The van der Waals surface area contributed by atoms with E-state index in [4.69, 9.17) is 14.2 Å². The monoisotopic (exact) mass is 1060 g/mol. The zero-order chi connectivity index (χ0) is 55.0. The van der Waals surface area contributed by atoms with Gasteiger partial charge in [0, 0.05) is 19.3 Å². The van der Waals surface area contributed by atoms with Crippen molar-refractivity contribution in [3.05, 3.63) is 85.1 Å². The molecule has 0 aromatic heterocycles. The molecule has 0 bridgehead atoms. The predicted octanol–water partition coefficient (Wildman–Crippen LogP) is 22.3. The van der Waals surface area contributed by atoms with Gasteiger partial charge in [0.2, 0.25) is 0 Å². The maximum atomic E-state index is 12.9. The van der Waals surface area contributed by atoms with Gasteiger partial charge in [-0.05, 0) is 116 Å². The molecule has 0 rings (SSSR count). The van der Waals surface area contributed by atoms with Gasteiger partial charge in [0.25, 0.3) is 0 Å². The normalized spacial score (nSPS) is 12.6. The van der Waals surface area contributed by atoms with Crippen molar-refractivity contribution in [1.82, 2.24) is 0 Å². The lowest BCUT2D eigenvalue weighted by Gasteiger charge is -2.18. The molecule has 0 N–H and O–H groups in total. The minimum atomic E-state index is -0.792. The van der Waals surface area contributed by atoms with Crippen LogP contribution in [0.1, 0.15) is 323 Å². The van der Waals surface area contributed by atoms with Gasteiger partial charge >= 0.3 is 17.9 Å². The first-order valence-electron chi connectivity index (χ1n) is 32.6. The number of unbranched alkanes of at least 4 members (excludes halogenated alkanes) is 34. The molecule has 0 saturated heterocycles. The molecule has 0 fully saturated rings. The van der Waals surface area contributed by atoms with Gasteiger partial charge in [0.05, 0.1) is 0 Å². The minimum absolute atomic E-state index is 0.0865. The van der Waals surface area contributed by atoms with Crippen molar-refractivity contribution in [1.29, 1.82) is 0 Å². The van der Waals surface area contributed by atoms with Gasteiger partial charge in [-0.1, -0.05) is 273 Å². The van der Waals surface area contributed by atoms with E-state index >= 15 is 0 Å². The maximum absolute atomic E-state index is 12.9. The van der Waals surface area contributed by atoms with Gasteiger partial charge in [-0.3, -0.25) is 14.4 Å². The highest BCUT2D eigenvalue weighted by atomic mass is 16.6. The van der Waals surface area contributed by atoms with Crippen LogP contribution in [0, 0.1) is 0 Å². The summed E-state index contributed by atoms with van der Waals surface area (Å²) in [5.74, 6) is -0.906. The summed E-state index contributed by atoms with van der Waals surface area (Å²) in [5.41, 5.74) is 0. The van der Waals surface area contributed by atoms with Gasteiger partial charge in [-0.2, -0.15) is 0 Å². The second-order valence-corrected chi connectivity index (χ2v) is 21.6. The third-order valence-corrected chi connectivity index (χ3v) is 14.1. The van der Waals surface area contributed by atoms with Crippen molar-refractivity contribution in [2.75, 3.05) is 13.2 Å². The fourth-order valence-electron chi connectivity index (χ4n) is 9.23. The second-order valence-electron chi connectivity index (χ2n) is 21.6. The molecule has 0 aromatic rings. The number of hydrogen-bond donors (Lipinski definition) is 0. The maximum Gasteiger partial charge on any atom is 0.306 e. The van der Waals surface area contributed by atoms with E-state index in [1.807, 2.05) is 0 Å². The third-order valence-electron chi connectivity index (χ3n) is 14.1. The molecule has 6 nitrogen and oxygen atoms in total. The molecule has 1 atom stereocenters. The van der Waals surface area contributed by atoms with Gasteiger partial charge in [-0.25, -0.2) is 0 Å². The van der Waals surface area contributed by atoms with E-state index in [0.29, 0.717) is 19.3 Å². The number of carbonyl (C=O) groups excluding carboxylic acids is 3. The molecule has 0 aromatic carbocycles. The molecule has 438 valence electrons. The quantitative estimate of drug-likeness (QED) is 0.0261. The number of rotatable bonds is 59. The van der Waals surface area contributed by atoms with Crippen LogP contribution in [-0.4, -0.2) is 37.2 Å². The zero-order valence-electron chi connectivity index (χ0n) is 50.3. The number of hydrogen-bond acceptors (Lipinski definition) is 6. The fourth-order valence-corrected chi connectivity index (χ4v) is 9.23. The van der Waals surface area contributed by atoms with E-state index in [-0.39, 0.29) is 31.1 Å². The average Bonchev–Trinajstić information content (AvgIpc) is 3.42. The Bertz CT molecular complexity index is 1450. The Balaban J connectivity index is 4.29. The molecule has 0 aliphatic carbocycles. The lowest BCUT2D eigenvalue weighted by Crippen LogP contribution is -2.30. The first-order valence-corrected chi connectivity index (χ1v) is 32.6. The number of allylic oxidation sites excluding steroid dienone is 14. The predicted molar refractivity (Wildman–Crippen MR) is 330 cm³/mol. The summed E-state index contributed by atoms with van der Waals surface area (Å²) in [7, 11) is 0. The molecule has 76 heavy (non-hydrogen) atoms. The summed E-state index contributed by atoms with van der Waals surface area (Å²) in [6, 6.07) is 0. The number of esters is 3. The van der Waals surface area contributed by atoms with Gasteiger partial charge < -0.3 is 14.2 Å². The summed E-state index contributed by atoms with van der Waals surface area (Å²) >= 11 is 0. The molecule has 0 aliphatic heterocycles. The molecule has 0 heterocycles. The molecule has 0 saturated carbocycles. The summed E-state index contributed by atoms with van der Waals surface area (Å²) in [4.78, 5) is 38.3. The van der Waals surface area contributed by atoms with E-state index in [9.17, 15) is 14.4 Å². The van der Waals surface area contributed by atoms with Gasteiger partial charge in [0.15, 0.2) is 6.10 Å². The highest BCUT2D eigenvalue weighted by Gasteiger charge is 2.19. The molecule has 0 amide bonds. The van der Waals surface area contributed by atoms with Crippen LogP contribution in [-0.2, 0) is 28.6 Å². The lowest BCUT2D eigenvalue weighted by atomic mass is 10.0. The molecule has 0 radical (unpaired) electrons. The smallest absolute Gasteiger partial charge is 0.306 e. The second kappa shape index (κ2) is 64.1. The van der Waals surface area contributed by atoms with E-state index in [1.165, 1.54) is 154 Å². The Hall–Kier alpha value is -3.41. The molecule has 0 spiro atoms. The summed E-state index contributed by atoms with van der Waals surface area (Å²) in [6.45, 7) is 6.51. The molecular weight excluding hydrogens is 937 g/mol. The summed E-state index contributed by atoms with van der Waals surface area (Å²) < 4.78 is 16.9. The third kappa shape index (κ3) is 61.4. The SMILES string of the molecule is CC/C=C\C/C=C\C/C=C\CCCCCCCC(=O)OCC(COC(=O)CCCCCCCCCCCCCCCCC/C=C\C/C=C\CCCCCCC)OC(=O)CCCCCCC/C=C\C/C=C\CCCCCC. The standard InChI is InChI=1S/C70H122O6/c1-4-7-10-13-16-19-22-25-28-30-31-32-33-34-35-36-37-38-39-40-43-45-48-51-54-57-60-63-69(72)75-66-67(65-74-68(71)62-59-56-53-50-47-44-41-27-24-21-18-15-12-9-6-3)76-70(73)64-61-58-55-52-49-46-42-29-26-23-20-17-14-11-8-5-2/h9,12,18,20-23,25,27,29-31,41-42,67H,4-8,10-11,13-17,19,24,26,28,32-40,43-66H2,1-3H3/b12-9-,21-18-,23-20-,25-22-,31-30-,41-27-,42-29-. The summed E-state index contributed by atoms with van der Waals surface area (Å²) in [5, 5.41) is 0. The first kappa shape index (κ1) is 72.6. The lowest BCUT2D eigenvalue weighted by molar-refractivity contribution is -0.167. The molecule has 1 unspecified atom stereocenters. The number of ether oxygens (including phenoxy) is 3. The average molecular weight is 1060 g/mol. The van der Waals surface area contributed by atoms with Crippen LogP contribution >= 0.6 is 0 Å². The Morgan fingerprint density at radius 1 is 0.276 bits per heavy atom. The first-order chi connectivity index (χ1) is 37.5.